The third kappa shape index (κ3) is 5.44. The number of anilines is 5. The Morgan fingerprint density at radius 2 is 1.12 bits per heavy atom. The van der Waals surface area contributed by atoms with E-state index in [1.807, 2.05) is 0 Å². The van der Waals surface area contributed by atoms with Crippen molar-refractivity contribution in [3.05, 3.63) is 174 Å². The molecule has 0 spiro atoms. The molecular formula is C40H36N2. The molecule has 1 aliphatic rings. The van der Waals surface area contributed by atoms with E-state index in [-0.39, 0.29) is 0 Å². The van der Waals surface area contributed by atoms with E-state index in [0.29, 0.717) is 0 Å². The van der Waals surface area contributed by atoms with Crippen LogP contribution < -0.4 is 9.80 Å². The summed E-state index contributed by atoms with van der Waals surface area (Å²) < 4.78 is 0. The van der Waals surface area contributed by atoms with Crippen LogP contribution in [0, 0.1) is 6.92 Å². The molecule has 0 fully saturated rings. The summed E-state index contributed by atoms with van der Waals surface area (Å²) in [6, 6.07) is 43.9. The minimum Gasteiger partial charge on any atom is -0.311 e. The first kappa shape index (κ1) is 27.1. The number of benzene rings is 5. The van der Waals surface area contributed by atoms with Crippen LogP contribution in [0.1, 0.15) is 30.5 Å². The van der Waals surface area contributed by atoms with Gasteiger partial charge in [0, 0.05) is 34.1 Å². The maximum Gasteiger partial charge on any atom is 0.0464 e. The summed E-state index contributed by atoms with van der Waals surface area (Å²) in [7, 11) is 0. The molecule has 0 radical (unpaired) electrons. The topological polar surface area (TPSA) is 6.48 Å². The molecule has 0 saturated carbocycles. The van der Waals surface area contributed by atoms with E-state index in [4.69, 9.17) is 0 Å². The fraction of sp³-hybridized carbons (Fsp3) is 0.100. The minimum absolute atomic E-state index is 0.906. The molecule has 1 aliphatic carbocycles. The average Bonchev–Trinajstić information content (AvgIpc) is 3.39. The van der Waals surface area contributed by atoms with Gasteiger partial charge in [0.15, 0.2) is 0 Å². The first-order valence-corrected chi connectivity index (χ1v) is 14.6. The zero-order valence-corrected chi connectivity index (χ0v) is 24.5. The number of hydrogen-bond acceptors (Lipinski definition) is 2. The standard InChI is InChI=1S/C40H36N2/c1-4-6-14-33(13-5-2)41(34-15-9-7-10-16-34)37-23-25-39-31(28-37)27-32-29-38(24-26-40(32)39)42(35-17-11-8-12-18-35)36-21-19-30(3)20-22-36/h4-26,28-29H,27H2,1-3H3/b6-4+,13-5-,33-14+. The van der Waals surface area contributed by atoms with Gasteiger partial charge in [0.05, 0.1) is 0 Å². The molecule has 0 saturated heterocycles. The van der Waals surface area contributed by atoms with Crippen molar-refractivity contribution in [2.75, 3.05) is 9.80 Å². The van der Waals surface area contributed by atoms with Gasteiger partial charge in [-0.05, 0) is 122 Å². The van der Waals surface area contributed by atoms with Gasteiger partial charge in [-0.1, -0.05) is 84.5 Å². The largest absolute Gasteiger partial charge is 0.311 e. The van der Waals surface area contributed by atoms with Crippen LogP contribution in [-0.2, 0) is 6.42 Å². The van der Waals surface area contributed by atoms with Crippen molar-refractivity contribution >= 4 is 28.4 Å². The van der Waals surface area contributed by atoms with Crippen molar-refractivity contribution in [2.24, 2.45) is 0 Å². The number of para-hydroxylation sites is 2. The van der Waals surface area contributed by atoms with Crippen LogP contribution in [0.2, 0.25) is 0 Å². The van der Waals surface area contributed by atoms with Gasteiger partial charge in [-0.3, -0.25) is 0 Å². The van der Waals surface area contributed by atoms with Gasteiger partial charge in [0.25, 0.3) is 0 Å². The molecule has 0 aromatic heterocycles. The highest BCUT2D eigenvalue weighted by Crippen LogP contribution is 2.44. The molecule has 0 unspecified atom stereocenters. The van der Waals surface area contributed by atoms with E-state index in [1.54, 1.807) is 0 Å². The Morgan fingerprint density at radius 1 is 0.571 bits per heavy atom. The van der Waals surface area contributed by atoms with E-state index < -0.39 is 0 Å². The van der Waals surface area contributed by atoms with Crippen molar-refractivity contribution in [2.45, 2.75) is 27.2 Å². The lowest BCUT2D eigenvalue weighted by Crippen LogP contribution is -2.15. The fourth-order valence-corrected chi connectivity index (χ4v) is 5.77. The Balaban J connectivity index is 1.39. The van der Waals surface area contributed by atoms with E-state index in [0.717, 1.165) is 34.9 Å². The smallest absolute Gasteiger partial charge is 0.0464 e. The predicted octanol–water partition coefficient (Wildman–Crippen LogP) is 11.2. The van der Waals surface area contributed by atoms with Crippen LogP contribution in [-0.4, -0.2) is 0 Å². The molecule has 0 heterocycles. The van der Waals surface area contributed by atoms with Gasteiger partial charge in [-0.2, -0.15) is 0 Å². The van der Waals surface area contributed by atoms with E-state index >= 15 is 0 Å². The van der Waals surface area contributed by atoms with Gasteiger partial charge in [-0.25, -0.2) is 0 Å². The van der Waals surface area contributed by atoms with Crippen molar-refractivity contribution in [1.82, 2.24) is 0 Å². The number of nitrogens with zero attached hydrogens (tertiary/aromatic N) is 2. The lowest BCUT2D eigenvalue weighted by atomic mass is 10.0. The molecule has 5 aromatic carbocycles. The predicted molar refractivity (Wildman–Crippen MR) is 180 cm³/mol. The van der Waals surface area contributed by atoms with Gasteiger partial charge >= 0.3 is 0 Å². The van der Waals surface area contributed by atoms with Gasteiger partial charge in [-0.15, -0.1) is 0 Å². The zero-order valence-electron chi connectivity index (χ0n) is 24.5. The number of rotatable bonds is 8. The summed E-state index contributed by atoms with van der Waals surface area (Å²) in [6.07, 6.45) is 11.5. The first-order valence-electron chi connectivity index (χ1n) is 14.6. The summed E-state index contributed by atoms with van der Waals surface area (Å²) >= 11 is 0. The van der Waals surface area contributed by atoms with Gasteiger partial charge in [0.1, 0.15) is 0 Å². The Morgan fingerprint density at radius 3 is 1.74 bits per heavy atom. The van der Waals surface area contributed by atoms with Gasteiger partial charge in [0.2, 0.25) is 0 Å². The first-order chi connectivity index (χ1) is 20.7. The molecule has 0 amide bonds. The molecule has 0 bridgehead atoms. The van der Waals surface area contributed by atoms with E-state index in [9.17, 15) is 0 Å². The van der Waals surface area contributed by atoms with E-state index in [2.05, 4.69) is 182 Å². The molecule has 206 valence electrons. The quantitative estimate of drug-likeness (QED) is 0.176. The number of allylic oxidation sites excluding steroid dienone is 5. The molecule has 2 nitrogen and oxygen atoms in total. The number of fused-ring (bicyclic) bond motifs is 3. The summed E-state index contributed by atoms with van der Waals surface area (Å²) in [5.74, 6) is 0. The Kier molecular flexibility index (Phi) is 7.87. The van der Waals surface area contributed by atoms with Crippen LogP contribution in [0.15, 0.2) is 157 Å². The second-order valence-electron chi connectivity index (χ2n) is 10.7. The Labute approximate surface area is 250 Å². The number of aryl methyl sites for hydroxylation is 1. The lowest BCUT2D eigenvalue weighted by molar-refractivity contribution is 1.18. The molecular weight excluding hydrogens is 508 g/mol. The second-order valence-corrected chi connectivity index (χ2v) is 10.7. The van der Waals surface area contributed by atoms with Crippen LogP contribution >= 0.6 is 0 Å². The molecule has 42 heavy (non-hydrogen) atoms. The second kappa shape index (κ2) is 12.2. The molecule has 0 aliphatic heterocycles. The number of hydrogen-bond donors (Lipinski definition) is 0. The summed E-state index contributed by atoms with van der Waals surface area (Å²) in [5, 5.41) is 0. The van der Waals surface area contributed by atoms with E-state index in [1.165, 1.54) is 33.5 Å². The van der Waals surface area contributed by atoms with Gasteiger partial charge < -0.3 is 9.80 Å². The highest BCUT2D eigenvalue weighted by Gasteiger charge is 2.23. The highest BCUT2D eigenvalue weighted by atomic mass is 15.1. The average molecular weight is 545 g/mol. The zero-order chi connectivity index (χ0) is 28.9. The maximum atomic E-state index is 2.37. The van der Waals surface area contributed by atoms with Crippen LogP contribution in [0.5, 0.6) is 0 Å². The van der Waals surface area contributed by atoms with Crippen molar-refractivity contribution in [3.8, 4) is 11.1 Å². The van der Waals surface area contributed by atoms with Crippen molar-refractivity contribution in [3.63, 3.8) is 0 Å². The summed E-state index contributed by atoms with van der Waals surface area (Å²) in [4.78, 5) is 4.68. The SMILES string of the molecule is C\C=C/C(=C\C=C\C)N(c1ccccc1)c1ccc2c(c1)Cc1cc(N(c3ccccc3)c3ccc(C)cc3)ccc1-2. The molecule has 5 aromatic rings. The molecule has 2 heteroatoms. The van der Waals surface area contributed by atoms with Crippen LogP contribution in [0.3, 0.4) is 0 Å². The molecule has 6 rings (SSSR count). The minimum atomic E-state index is 0.906. The normalized spacial score (nSPS) is 12.5. The third-order valence-corrected chi connectivity index (χ3v) is 7.74. The van der Waals surface area contributed by atoms with Crippen LogP contribution in [0.4, 0.5) is 28.4 Å². The monoisotopic (exact) mass is 544 g/mol. The summed E-state index contributed by atoms with van der Waals surface area (Å²) in [6.45, 7) is 6.25. The Bertz CT molecular complexity index is 1760. The molecule has 0 atom stereocenters. The maximum absolute atomic E-state index is 2.37. The Hall–Kier alpha value is -5.08. The van der Waals surface area contributed by atoms with Crippen molar-refractivity contribution in [1.29, 1.82) is 0 Å². The highest BCUT2D eigenvalue weighted by molar-refractivity contribution is 5.85. The lowest BCUT2D eigenvalue weighted by Gasteiger charge is -2.27. The van der Waals surface area contributed by atoms with Crippen molar-refractivity contribution < 1.29 is 0 Å². The van der Waals surface area contributed by atoms with Crippen LogP contribution in [0.25, 0.3) is 11.1 Å². The molecule has 0 N–H and O–H groups in total. The summed E-state index contributed by atoms with van der Waals surface area (Å²) in [5.41, 5.74) is 13.5. The fourth-order valence-electron chi connectivity index (χ4n) is 5.77. The third-order valence-electron chi connectivity index (χ3n) is 7.74.